The summed E-state index contributed by atoms with van der Waals surface area (Å²) in [6.45, 7) is 1.98. The molecule has 0 aliphatic heterocycles. The molecule has 0 aliphatic carbocycles. The van der Waals surface area contributed by atoms with Gasteiger partial charge in [0.2, 0.25) is 5.60 Å². The van der Waals surface area contributed by atoms with Crippen molar-refractivity contribution >= 4 is 17.3 Å². The molecule has 7 heteroatoms. The zero-order valence-corrected chi connectivity index (χ0v) is 9.80. The Kier molecular flexibility index (Phi) is 3.57. The highest BCUT2D eigenvalue weighted by Gasteiger charge is 2.55. The second-order valence-corrected chi connectivity index (χ2v) is 4.10. The van der Waals surface area contributed by atoms with E-state index >= 15 is 0 Å². The normalized spacial score (nSPS) is 15.0. The standard InChI is InChI=1S/C11H13F3N2O2/c1-6-5-7(15)3-4-8(6)16-9(17)10(2,18)11(12,13)14/h3-5,18H,15H2,1-2H3,(H,16,17). The lowest BCUT2D eigenvalue weighted by Gasteiger charge is -2.25. The van der Waals surface area contributed by atoms with Gasteiger partial charge in [-0.1, -0.05) is 0 Å². The second-order valence-electron chi connectivity index (χ2n) is 4.10. The summed E-state index contributed by atoms with van der Waals surface area (Å²) in [6, 6.07) is 4.30. The fraction of sp³-hybridized carbons (Fsp3) is 0.364. The number of amides is 1. The molecule has 4 nitrogen and oxygen atoms in total. The maximum absolute atomic E-state index is 12.4. The van der Waals surface area contributed by atoms with Crippen molar-refractivity contribution in [3.63, 3.8) is 0 Å². The molecule has 1 rings (SSSR count). The van der Waals surface area contributed by atoms with Gasteiger partial charge >= 0.3 is 6.18 Å². The number of hydrogen-bond acceptors (Lipinski definition) is 3. The number of nitrogens with one attached hydrogen (secondary N) is 1. The van der Waals surface area contributed by atoms with Gasteiger partial charge in [-0.25, -0.2) is 0 Å². The van der Waals surface area contributed by atoms with Gasteiger partial charge in [0.05, 0.1) is 0 Å². The van der Waals surface area contributed by atoms with Crippen LogP contribution in [0, 0.1) is 6.92 Å². The number of carbonyl (C=O) groups is 1. The van der Waals surface area contributed by atoms with E-state index in [0.717, 1.165) is 0 Å². The molecule has 1 aromatic carbocycles. The molecule has 0 bridgehead atoms. The first-order valence-corrected chi connectivity index (χ1v) is 5.02. The summed E-state index contributed by atoms with van der Waals surface area (Å²) >= 11 is 0. The summed E-state index contributed by atoms with van der Waals surface area (Å²) in [7, 11) is 0. The highest BCUT2D eigenvalue weighted by atomic mass is 19.4. The highest BCUT2D eigenvalue weighted by Crippen LogP contribution is 2.31. The molecule has 0 spiro atoms. The SMILES string of the molecule is Cc1cc(N)ccc1NC(=O)C(C)(O)C(F)(F)F. The van der Waals surface area contributed by atoms with Crippen molar-refractivity contribution in [3.8, 4) is 0 Å². The van der Waals surface area contributed by atoms with Crippen LogP contribution in [0.2, 0.25) is 0 Å². The molecule has 0 saturated heterocycles. The van der Waals surface area contributed by atoms with E-state index in [1.54, 1.807) is 6.92 Å². The Hall–Kier alpha value is -1.76. The maximum Gasteiger partial charge on any atom is 0.426 e. The number of benzene rings is 1. The van der Waals surface area contributed by atoms with Crippen LogP contribution in [0.15, 0.2) is 18.2 Å². The molecule has 4 N–H and O–H groups in total. The Labute approximate surface area is 102 Å². The zero-order valence-electron chi connectivity index (χ0n) is 9.80. The number of carbonyl (C=O) groups excluding carboxylic acids is 1. The lowest BCUT2D eigenvalue weighted by atomic mass is 10.1. The van der Waals surface area contributed by atoms with Crippen molar-refractivity contribution in [2.45, 2.75) is 25.6 Å². The third-order valence-electron chi connectivity index (χ3n) is 2.49. The molecule has 100 valence electrons. The smallest absolute Gasteiger partial charge is 0.399 e. The number of halogens is 3. The van der Waals surface area contributed by atoms with Gasteiger partial charge in [-0.15, -0.1) is 0 Å². The molecule has 0 saturated carbocycles. The molecule has 1 atom stereocenters. The summed E-state index contributed by atoms with van der Waals surface area (Å²) in [4.78, 5) is 11.4. The Balaban J connectivity index is 2.95. The van der Waals surface area contributed by atoms with Crippen LogP contribution < -0.4 is 11.1 Å². The van der Waals surface area contributed by atoms with Crippen molar-refractivity contribution in [1.29, 1.82) is 0 Å². The summed E-state index contributed by atoms with van der Waals surface area (Å²) < 4.78 is 37.3. The van der Waals surface area contributed by atoms with Crippen LogP contribution in [0.3, 0.4) is 0 Å². The number of rotatable bonds is 2. The van der Waals surface area contributed by atoms with Gasteiger partial charge in [-0.2, -0.15) is 13.2 Å². The molecule has 1 aromatic rings. The molecule has 1 unspecified atom stereocenters. The fourth-order valence-electron chi connectivity index (χ4n) is 1.20. The number of aliphatic hydroxyl groups is 1. The fourth-order valence-corrected chi connectivity index (χ4v) is 1.20. The quantitative estimate of drug-likeness (QED) is 0.712. The summed E-state index contributed by atoms with van der Waals surface area (Å²) in [5.41, 5.74) is 3.12. The van der Waals surface area contributed by atoms with Crippen molar-refractivity contribution < 1.29 is 23.1 Å². The number of hydrogen-bond donors (Lipinski definition) is 3. The molecule has 0 aromatic heterocycles. The first kappa shape index (κ1) is 14.3. The van der Waals surface area contributed by atoms with E-state index in [1.165, 1.54) is 18.2 Å². The predicted octanol–water partition coefficient (Wildman–Crippen LogP) is 1.83. The summed E-state index contributed by atoms with van der Waals surface area (Å²) in [5, 5.41) is 11.2. The van der Waals surface area contributed by atoms with Crippen LogP contribution in [0.25, 0.3) is 0 Å². The van der Waals surface area contributed by atoms with E-state index in [4.69, 9.17) is 10.8 Å². The van der Waals surface area contributed by atoms with Crippen molar-refractivity contribution in [1.82, 2.24) is 0 Å². The number of nitrogen functional groups attached to an aromatic ring is 1. The van der Waals surface area contributed by atoms with Crippen LogP contribution in [-0.2, 0) is 4.79 Å². The van der Waals surface area contributed by atoms with E-state index in [-0.39, 0.29) is 5.69 Å². The predicted molar refractivity (Wildman–Crippen MR) is 60.9 cm³/mol. The Bertz CT molecular complexity index is 470. The number of anilines is 2. The van der Waals surface area contributed by atoms with Crippen LogP contribution in [0.5, 0.6) is 0 Å². The van der Waals surface area contributed by atoms with Crippen molar-refractivity contribution in [3.05, 3.63) is 23.8 Å². The van der Waals surface area contributed by atoms with Crippen LogP contribution in [-0.4, -0.2) is 22.8 Å². The molecule has 0 radical (unpaired) electrons. The molecule has 0 fully saturated rings. The average Bonchev–Trinajstić information content (AvgIpc) is 2.20. The highest BCUT2D eigenvalue weighted by molar-refractivity contribution is 5.98. The van der Waals surface area contributed by atoms with E-state index in [2.05, 4.69) is 0 Å². The van der Waals surface area contributed by atoms with E-state index in [1.807, 2.05) is 5.32 Å². The Morgan fingerprint density at radius 1 is 1.39 bits per heavy atom. The van der Waals surface area contributed by atoms with Gasteiger partial charge in [-0.3, -0.25) is 4.79 Å². The minimum absolute atomic E-state index is 0.165. The van der Waals surface area contributed by atoms with Gasteiger partial charge in [0, 0.05) is 11.4 Å². The maximum atomic E-state index is 12.4. The van der Waals surface area contributed by atoms with Crippen LogP contribution >= 0.6 is 0 Å². The van der Waals surface area contributed by atoms with Crippen LogP contribution in [0.4, 0.5) is 24.5 Å². The monoisotopic (exact) mass is 262 g/mol. The second kappa shape index (κ2) is 4.49. The first-order valence-electron chi connectivity index (χ1n) is 5.02. The van der Waals surface area contributed by atoms with Crippen LogP contribution in [0.1, 0.15) is 12.5 Å². The summed E-state index contributed by atoms with van der Waals surface area (Å²) in [6.07, 6.45) is -5.04. The minimum Gasteiger partial charge on any atom is -0.399 e. The third kappa shape index (κ3) is 2.73. The number of aryl methyl sites for hydroxylation is 1. The van der Waals surface area contributed by atoms with E-state index in [0.29, 0.717) is 18.2 Å². The Morgan fingerprint density at radius 3 is 2.39 bits per heavy atom. The van der Waals surface area contributed by atoms with Gasteiger partial charge in [-0.05, 0) is 37.6 Å². The molecule has 1 amide bonds. The van der Waals surface area contributed by atoms with E-state index in [9.17, 15) is 18.0 Å². The van der Waals surface area contributed by atoms with E-state index < -0.39 is 17.7 Å². The first-order chi connectivity index (χ1) is 8.05. The topological polar surface area (TPSA) is 75.3 Å². The average molecular weight is 262 g/mol. The van der Waals surface area contributed by atoms with Gasteiger partial charge in [0.1, 0.15) is 0 Å². The van der Waals surface area contributed by atoms with Crippen molar-refractivity contribution in [2.75, 3.05) is 11.1 Å². The van der Waals surface area contributed by atoms with Gasteiger partial charge in [0.25, 0.3) is 5.91 Å². The third-order valence-corrected chi connectivity index (χ3v) is 2.49. The lowest BCUT2D eigenvalue weighted by molar-refractivity contribution is -0.242. The van der Waals surface area contributed by atoms with Gasteiger partial charge < -0.3 is 16.2 Å². The zero-order chi connectivity index (χ0) is 14.1. The van der Waals surface area contributed by atoms with Crippen molar-refractivity contribution in [2.24, 2.45) is 0 Å². The summed E-state index contributed by atoms with van der Waals surface area (Å²) in [5.74, 6) is -1.54. The van der Waals surface area contributed by atoms with Gasteiger partial charge in [0.15, 0.2) is 0 Å². The molecule has 18 heavy (non-hydrogen) atoms. The Morgan fingerprint density at radius 2 is 1.94 bits per heavy atom. The lowest BCUT2D eigenvalue weighted by Crippen LogP contribution is -2.52. The molecule has 0 heterocycles. The minimum atomic E-state index is -5.04. The largest absolute Gasteiger partial charge is 0.426 e. The molecular weight excluding hydrogens is 249 g/mol. The molecular formula is C11H13F3N2O2. The number of nitrogens with two attached hydrogens (primary N) is 1. The molecule has 0 aliphatic rings. The number of alkyl halides is 3.